The molecule has 1 atom stereocenters. The number of carbonyl (C=O) groups excluding carboxylic acids is 2. The molecule has 4 rings (SSSR count). The second-order valence-electron chi connectivity index (χ2n) is 9.37. The number of amides is 2. The number of hydrogen-bond donors (Lipinski definition) is 3. The predicted octanol–water partition coefficient (Wildman–Crippen LogP) is 2.36. The van der Waals surface area contributed by atoms with Crippen LogP contribution in [0.3, 0.4) is 0 Å². The van der Waals surface area contributed by atoms with Crippen LogP contribution in [0.25, 0.3) is 22.4 Å². The molecule has 0 bridgehead atoms. The Bertz CT molecular complexity index is 1580. The van der Waals surface area contributed by atoms with Crippen LogP contribution in [0, 0.1) is 11.3 Å². The highest BCUT2D eigenvalue weighted by molar-refractivity contribution is 5.98. The van der Waals surface area contributed by atoms with Crippen LogP contribution in [0.15, 0.2) is 71.9 Å². The lowest BCUT2D eigenvalue weighted by Gasteiger charge is -2.19. The molecule has 2 amide bonds. The molecule has 40 heavy (non-hydrogen) atoms. The average Bonchev–Trinajstić information content (AvgIpc) is 3.34. The standard InChI is InChI=1S/C29H31N9O2/c1-37(15-12-22-8-2-3-13-34-22)28(40)21-10-11-24-23(17-21)36-27(20-7-4-6-19(16-20)18-30)38(24)25(26(31)39)9-5-14-35-29(32)33/h2-4,6-8,10-11,13,16-17,25H,5,9,12,14-15H2,1H3,(H2,31,39)(H4,32,33,35)/t25-/m0/s1. The number of hydrogen-bond acceptors (Lipinski definition) is 6. The SMILES string of the molecule is CN(CCc1ccccn1)C(=O)c1ccc2c(c1)nc(-c1cccc(C#N)c1)n2[C@@H](CCCN=C(N)N)C(N)=O. The highest BCUT2D eigenvalue weighted by Gasteiger charge is 2.25. The average molecular weight is 538 g/mol. The smallest absolute Gasteiger partial charge is 0.253 e. The van der Waals surface area contributed by atoms with Gasteiger partial charge in [-0.15, -0.1) is 0 Å². The molecule has 0 saturated carbocycles. The summed E-state index contributed by atoms with van der Waals surface area (Å²) in [5.41, 5.74) is 20.4. The summed E-state index contributed by atoms with van der Waals surface area (Å²) in [5.74, 6) is -0.272. The zero-order valence-corrected chi connectivity index (χ0v) is 22.2. The Morgan fingerprint density at radius 1 is 1.10 bits per heavy atom. The molecule has 2 aromatic carbocycles. The van der Waals surface area contributed by atoms with E-state index < -0.39 is 11.9 Å². The largest absolute Gasteiger partial charge is 0.370 e. The van der Waals surface area contributed by atoms with Crippen molar-refractivity contribution in [1.29, 1.82) is 5.26 Å². The van der Waals surface area contributed by atoms with Gasteiger partial charge in [-0.3, -0.25) is 19.6 Å². The molecule has 4 aromatic rings. The maximum atomic E-state index is 13.3. The first-order chi connectivity index (χ1) is 19.3. The minimum atomic E-state index is -0.762. The molecule has 0 radical (unpaired) electrons. The van der Waals surface area contributed by atoms with E-state index in [9.17, 15) is 14.9 Å². The summed E-state index contributed by atoms with van der Waals surface area (Å²) in [6.45, 7) is 0.829. The molecule has 2 aromatic heterocycles. The van der Waals surface area contributed by atoms with Gasteiger partial charge in [0, 0.05) is 49.6 Å². The first-order valence-corrected chi connectivity index (χ1v) is 12.8. The number of rotatable bonds is 11. The molecule has 0 spiro atoms. The van der Waals surface area contributed by atoms with Gasteiger partial charge in [0.1, 0.15) is 11.9 Å². The molecular formula is C29H31N9O2. The third kappa shape index (κ3) is 6.42. The van der Waals surface area contributed by atoms with Crippen LogP contribution < -0.4 is 17.2 Å². The molecule has 0 aliphatic heterocycles. The van der Waals surface area contributed by atoms with Crippen LogP contribution in [0.1, 0.15) is 40.5 Å². The summed E-state index contributed by atoms with van der Waals surface area (Å²) >= 11 is 0. The van der Waals surface area contributed by atoms with Crippen molar-refractivity contribution < 1.29 is 9.59 Å². The molecule has 2 heterocycles. The van der Waals surface area contributed by atoms with Crippen molar-refractivity contribution in [1.82, 2.24) is 19.4 Å². The third-order valence-electron chi connectivity index (χ3n) is 6.53. The van der Waals surface area contributed by atoms with Gasteiger partial charge in [0.05, 0.1) is 22.7 Å². The maximum absolute atomic E-state index is 13.3. The Hall–Kier alpha value is -5.24. The first kappa shape index (κ1) is 27.8. The number of carbonyl (C=O) groups is 2. The van der Waals surface area contributed by atoms with Crippen molar-refractivity contribution in [3.05, 3.63) is 83.7 Å². The molecule has 0 aliphatic rings. The minimum Gasteiger partial charge on any atom is -0.370 e. The number of aliphatic imine (C=N–C) groups is 1. The molecular weight excluding hydrogens is 506 g/mol. The van der Waals surface area contributed by atoms with Gasteiger partial charge >= 0.3 is 0 Å². The molecule has 0 unspecified atom stereocenters. The Morgan fingerprint density at radius 3 is 2.62 bits per heavy atom. The number of nitriles is 1. The Labute approximate surface area is 231 Å². The summed E-state index contributed by atoms with van der Waals surface area (Å²) in [6.07, 6.45) is 3.21. The first-order valence-electron chi connectivity index (χ1n) is 12.8. The van der Waals surface area contributed by atoms with Crippen molar-refractivity contribution in [2.24, 2.45) is 22.2 Å². The van der Waals surface area contributed by atoms with E-state index in [1.54, 1.807) is 59.1 Å². The maximum Gasteiger partial charge on any atom is 0.253 e. The predicted molar refractivity (Wildman–Crippen MR) is 153 cm³/mol. The van der Waals surface area contributed by atoms with Gasteiger partial charge in [0.15, 0.2) is 5.96 Å². The lowest BCUT2D eigenvalue weighted by Crippen LogP contribution is -2.29. The lowest BCUT2D eigenvalue weighted by molar-refractivity contribution is -0.121. The zero-order valence-electron chi connectivity index (χ0n) is 22.2. The lowest BCUT2D eigenvalue weighted by atomic mass is 10.1. The summed E-state index contributed by atoms with van der Waals surface area (Å²) in [7, 11) is 1.74. The van der Waals surface area contributed by atoms with Gasteiger partial charge in [-0.1, -0.05) is 18.2 Å². The third-order valence-corrected chi connectivity index (χ3v) is 6.53. The molecule has 11 nitrogen and oxygen atoms in total. The van der Waals surface area contributed by atoms with Gasteiger partial charge in [-0.2, -0.15) is 5.26 Å². The van der Waals surface area contributed by atoms with Crippen molar-refractivity contribution in [2.45, 2.75) is 25.3 Å². The van der Waals surface area contributed by atoms with E-state index in [1.165, 1.54) is 0 Å². The van der Waals surface area contributed by atoms with E-state index in [2.05, 4.69) is 16.0 Å². The fourth-order valence-corrected chi connectivity index (χ4v) is 4.52. The van der Waals surface area contributed by atoms with E-state index in [-0.39, 0.29) is 11.9 Å². The summed E-state index contributed by atoms with van der Waals surface area (Å²) in [5, 5.41) is 9.44. The number of aromatic nitrogens is 3. The fourth-order valence-electron chi connectivity index (χ4n) is 4.52. The second-order valence-corrected chi connectivity index (χ2v) is 9.37. The zero-order chi connectivity index (χ0) is 28.6. The van der Waals surface area contributed by atoms with Crippen LogP contribution in [0.2, 0.25) is 0 Å². The van der Waals surface area contributed by atoms with Crippen LogP contribution in [0.4, 0.5) is 0 Å². The molecule has 204 valence electrons. The van der Waals surface area contributed by atoms with Gasteiger partial charge in [-0.25, -0.2) is 4.98 Å². The van der Waals surface area contributed by atoms with Crippen LogP contribution >= 0.6 is 0 Å². The van der Waals surface area contributed by atoms with Crippen molar-refractivity contribution >= 4 is 28.8 Å². The Kier molecular flexibility index (Phi) is 8.71. The number of nitrogens with two attached hydrogens (primary N) is 3. The number of benzene rings is 2. The van der Waals surface area contributed by atoms with Gasteiger partial charge in [-0.05, 0) is 55.3 Å². The van der Waals surface area contributed by atoms with Crippen LogP contribution in [0.5, 0.6) is 0 Å². The summed E-state index contributed by atoms with van der Waals surface area (Å²) < 4.78 is 1.77. The highest BCUT2D eigenvalue weighted by atomic mass is 16.2. The Balaban J connectivity index is 1.71. The number of fused-ring (bicyclic) bond motifs is 1. The number of primary amides is 1. The monoisotopic (exact) mass is 537 g/mol. The van der Waals surface area contributed by atoms with E-state index in [0.717, 1.165) is 5.69 Å². The van der Waals surface area contributed by atoms with E-state index >= 15 is 0 Å². The molecule has 11 heteroatoms. The van der Waals surface area contributed by atoms with Crippen molar-refractivity contribution in [3.8, 4) is 17.5 Å². The molecule has 6 N–H and O–H groups in total. The number of nitrogens with zero attached hydrogens (tertiary/aromatic N) is 6. The minimum absolute atomic E-state index is 0.0279. The van der Waals surface area contributed by atoms with E-state index in [0.29, 0.717) is 65.9 Å². The number of likely N-dealkylation sites (N-methyl/N-ethyl adjacent to an activating group) is 1. The highest BCUT2D eigenvalue weighted by Crippen LogP contribution is 2.31. The number of guanidine groups is 1. The van der Waals surface area contributed by atoms with Gasteiger partial charge in [0.25, 0.3) is 5.91 Å². The van der Waals surface area contributed by atoms with Crippen LogP contribution in [-0.2, 0) is 11.2 Å². The van der Waals surface area contributed by atoms with Gasteiger partial charge in [0.2, 0.25) is 5.91 Å². The van der Waals surface area contributed by atoms with Crippen molar-refractivity contribution in [2.75, 3.05) is 20.1 Å². The topological polar surface area (TPSA) is 182 Å². The van der Waals surface area contributed by atoms with E-state index in [1.807, 2.05) is 24.3 Å². The molecule has 0 saturated heterocycles. The summed E-state index contributed by atoms with van der Waals surface area (Å²) in [6, 6.07) is 19.2. The quantitative estimate of drug-likeness (QED) is 0.149. The van der Waals surface area contributed by atoms with E-state index in [4.69, 9.17) is 22.2 Å². The summed E-state index contributed by atoms with van der Waals surface area (Å²) in [4.78, 5) is 40.7. The number of pyridine rings is 1. The van der Waals surface area contributed by atoms with Gasteiger partial charge < -0.3 is 26.7 Å². The van der Waals surface area contributed by atoms with Crippen LogP contribution in [-0.4, -0.2) is 57.3 Å². The van der Waals surface area contributed by atoms with Crippen molar-refractivity contribution in [3.63, 3.8) is 0 Å². The fraction of sp³-hybridized carbons (Fsp3) is 0.241. The Morgan fingerprint density at radius 2 is 1.93 bits per heavy atom. The molecule has 0 aliphatic carbocycles. The normalized spacial score (nSPS) is 11.5. The second kappa shape index (κ2) is 12.5. The molecule has 0 fully saturated rings. The number of imidazole rings is 1.